The molecule has 0 amide bonds. The van der Waals surface area contributed by atoms with Gasteiger partial charge in [-0.15, -0.1) is 5.10 Å². The lowest BCUT2D eigenvalue weighted by Crippen LogP contribution is -2.09. The molecule has 3 heterocycles. The molecular weight excluding hydrogens is 254 g/mol. The molecule has 1 unspecified atom stereocenters. The van der Waals surface area contributed by atoms with Crippen LogP contribution in [-0.2, 0) is 0 Å². The molecule has 0 saturated heterocycles. The number of nitrogens with zero attached hydrogens (tertiary/aromatic N) is 5. The predicted octanol–water partition coefficient (Wildman–Crippen LogP) is 1.67. The first-order chi connectivity index (χ1) is 8.72. The zero-order valence-corrected chi connectivity index (χ0v) is 10.3. The number of fused-ring (bicyclic) bond motifs is 1. The zero-order valence-electron chi connectivity index (χ0n) is 9.50. The summed E-state index contributed by atoms with van der Waals surface area (Å²) in [6, 6.07) is 3.52. The quantitative estimate of drug-likeness (QED) is 0.751. The summed E-state index contributed by atoms with van der Waals surface area (Å²) in [6.07, 6.45) is 3.17. The van der Waals surface area contributed by atoms with Gasteiger partial charge in [0.25, 0.3) is 0 Å². The minimum Gasteiger partial charge on any atom is -0.343 e. The van der Waals surface area contributed by atoms with Gasteiger partial charge in [0.2, 0.25) is 5.95 Å². The van der Waals surface area contributed by atoms with Crippen LogP contribution in [-0.4, -0.2) is 29.8 Å². The van der Waals surface area contributed by atoms with E-state index in [9.17, 15) is 0 Å². The van der Waals surface area contributed by atoms with Gasteiger partial charge in [-0.25, -0.2) is 9.50 Å². The molecule has 3 aromatic rings. The van der Waals surface area contributed by atoms with Gasteiger partial charge in [-0.05, 0) is 19.1 Å². The van der Waals surface area contributed by atoms with Crippen molar-refractivity contribution in [1.29, 1.82) is 0 Å². The number of nitrogens with one attached hydrogen (secondary N) is 2. The van der Waals surface area contributed by atoms with Crippen molar-refractivity contribution in [2.75, 3.05) is 5.32 Å². The molecule has 2 N–H and O–H groups in total. The molecule has 0 saturated carbocycles. The lowest BCUT2D eigenvalue weighted by Gasteiger charge is -2.07. The Morgan fingerprint density at radius 3 is 3.11 bits per heavy atom. The monoisotopic (exact) mass is 263 g/mol. The Bertz CT molecular complexity index is 660. The fourth-order valence-corrected chi connectivity index (χ4v) is 1.76. The van der Waals surface area contributed by atoms with Gasteiger partial charge in [0.1, 0.15) is 12.2 Å². The van der Waals surface area contributed by atoms with Crippen molar-refractivity contribution in [3.8, 4) is 0 Å². The number of hydrogen-bond donors (Lipinski definition) is 2. The highest BCUT2D eigenvalue weighted by atomic mass is 35.5. The second-order valence-corrected chi connectivity index (χ2v) is 4.26. The Kier molecular flexibility index (Phi) is 2.60. The molecule has 1 atom stereocenters. The normalized spacial score (nSPS) is 12.8. The van der Waals surface area contributed by atoms with Crippen LogP contribution in [0.15, 0.2) is 24.7 Å². The van der Waals surface area contributed by atoms with E-state index in [1.165, 1.54) is 6.33 Å². The average molecular weight is 264 g/mol. The molecule has 3 aromatic heterocycles. The Morgan fingerprint density at radius 2 is 2.33 bits per heavy atom. The molecule has 0 aliphatic rings. The number of aromatic amines is 1. The van der Waals surface area contributed by atoms with E-state index in [4.69, 9.17) is 11.6 Å². The van der Waals surface area contributed by atoms with Crippen molar-refractivity contribution in [3.05, 3.63) is 35.5 Å². The minimum atomic E-state index is -0.0552. The molecule has 0 aliphatic heterocycles. The first-order valence-corrected chi connectivity index (χ1v) is 5.74. The zero-order chi connectivity index (χ0) is 12.5. The summed E-state index contributed by atoms with van der Waals surface area (Å²) in [5.41, 5.74) is 0.728. The molecule has 0 bridgehead atoms. The van der Waals surface area contributed by atoms with Gasteiger partial charge >= 0.3 is 0 Å². The van der Waals surface area contributed by atoms with E-state index in [0.717, 1.165) is 11.5 Å². The maximum atomic E-state index is 5.88. The van der Waals surface area contributed by atoms with Crippen LogP contribution >= 0.6 is 11.6 Å². The fourth-order valence-electron chi connectivity index (χ4n) is 1.60. The number of halogens is 1. The maximum Gasteiger partial charge on any atom is 0.243 e. The molecular formula is C10H10ClN7. The van der Waals surface area contributed by atoms with E-state index >= 15 is 0 Å². The van der Waals surface area contributed by atoms with Crippen LogP contribution in [0.3, 0.4) is 0 Å². The first kappa shape index (κ1) is 11.0. The maximum absolute atomic E-state index is 5.88. The minimum absolute atomic E-state index is 0.0552. The highest BCUT2D eigenvalue weighted by Gasteiger charge is 2.11. The Hall–Kier alpha value is -2.15. The molecule has 0 aliphatic carbocycles. The van der Waals surface area contributed by atoms with Crippen LogP contribution in [0, 0.1) is 0 Å². The molecule has 0 radical (unpaired) electrons. The number of hydrogen-bond acceptors (Lipinski definition) is 5. The van der Waals surface area contributed by atoms with Gasteiger partial charge in [0.15, 0.2) is 5.65 Å². The van der Waals surface area contributed by atoms with Gasteiger partial charge in [-0.2, -0.15) is 10.1 Å². The predicted molar refractivity (Wildman–Crippen MR) is 66.4 cm³/mol. The molecule has 3 rings (SSSR count). The summed E-state index contributed by atoms with van der Waals surface area (Å²) in [5.74, 6) is 1.24. The summed E-state index contributed by atoms with van der Waals surface area (Å²) in [4.78, 5) is 8.39. The van der Waals surface area contributed by atoms with Crippen molar-refractivity contribution < 1.29 is 0 Å². The lowest BCUT2D eigenvalue weighted by molar-refractivity contribution is 0.781. The molecule has 18 heavy (non-hydrogen) atoms. The van der Waals surface area contributed by atoms with Gasteiger partial charge in [-0.3, -0.25) is 5.10 Å². The Balaban J connectivity index is 1.86. The van der Waals surface area contributed by atoms with Crippen LogP contribution in [0.1, 0.15) is 18.8 Å². The highest BCUT2D eigenvalue weighted by Crippen LogP contribution is 2.15. The van der Waals surface area contributed by atoms with E-state index in [0.29, 0.717) is 11.0 Å². The summed E-state index contributed by atoms with van der Waals surface area (Å²) < 4.78 is 1.62. The second-order valence-electron chi connectivity index (χ2n) is 3.82. The number of anilines is 1. The van der Waals surface area contributed by atoms with Crippen molar-refractivity contribution in [3.63, 3.8) is 0 Å². The van der Waals surface area contributed by atoms with E-state index in [1.54, 1.807) is 22.8 Å². The number of pyridine rings is 1. The Labute approximate surface area is 107 Å². The third-order valence-electron chi connectivity index (χ3n) is 2.48. The summed E-state index contributed by atoms with van der Waals surface area (Å²) in [7, 11) is 0. The van der Waals surface area contributed by atoms with Crippen LogP contribution in [0.25, 0.3) is 5.65 Å². The molecule has 7 nitrogen and oxygen atoms in total. The van der Waals surface area contributed by atoms with Crippen LogP contribution in [0.5, 0.6) is 0 Å². The van der Waals surface area contributed by atoms with Gasteiger partial charge < -0.3 is 5.32 Å². The standard InChI is InChI=1S/C10H10ClN7/c1-6(9-12-5-13-16-9)14-10-15-8-3-2-7(11)4-18(8)17-10/h2-6H,1H3,(H,14,17)(H,12,13,16). The van der Waals surface area contributed by atoms with Crippen LogP contribution < -0.4 is 5.32 Å². The molecule has 92 valence electrons. The summed E-state index contributed by atoms with van der Waals surface area (Å²) in [6.45, 7) is 1.94. The van der Waals surface area contributed by atoms with E-state index in [1.807, 2.05) is 6.92 Å². The number of rotatable bonds is 3. The summed E-state index contributed by atoms with van der Waals surface area (Å²) >= 11 is 5.88. The van der Waals surface area contributed by atoms with E-state index < -0.39 is 0 Å². The van der Waals surface area contributed by atoms with Crippen molar-refractivity contribution in [1.82, 2.24) is 29.8 Å². The third-order valence-corrected chi connectivity index (χ3v) is 2.71. The Morgan fingerprint density at radius 1 is 1.44 bits per heavy atom. The van der Waals surface area contributed by atoms with E-state index in [2.05, 4.69) is 30.6 Å². The highest BCUT2D eigenvalue weighted by molar-refractivity contribution is 6.30. The number of H-pyrrole nitrogens is 1. The SMILES string of the molecule is CC(Nc1nc2ccc(Cl)cn2n1)c1ncn[nH]1. The largest absolute Gasteiger partial charge is 0.343 e. The molecule has 0 spiro atoms. The van der Waals surface area contributed by atoms with Gasteiger partial charge in [0.05, 0.1) is 11.1 Å². The van der Waals surface area contributed by atoms with Crippen LogP contribution in [0.2, 0.25) is 5.02 Å². The first-order valence-electron chi connectivity index (χ1n) is 5.36. The van der Waals surface area contributed by atoms with Gasteiger partial charge in [0, 0.05) is 6.20 Å². The second kappa shape index (κ2) is 4.26. The van der Waals surface area contributed by atoms with Crippen molar-refractivity contribution >= 4 is 23.2 Å². The van der Waals surface area contributed by atoms with E-state index in [-0.39, 0.29) is 6.04 Å². The third kappa shape index (κ3) is 2.00. The lowest BCUT2D eigenvalue weighted by atomic mass is 10.3. The summed E-state index contributed by atoms with van der Waals surface area (Å²) in [5, 5.41) is 14.6. The molecule has 0 fully saturated rings. The molecule has 8 heteroatoms. The van der Waals surface area contributed by atoms with Crippen molar-refractivity contribution in [2.45, 2.75) is 13.0 Å². The van der Waals surface area contributed by atoms with Crippen molar-refractivity contribution in [2.24, 2.45) is 0 Å². The average Bonchev–Trinajstić information content (AvgIpc) is 2.95. The van der Waals surface area contributed by atoms with Gasteiger partial charge in [-0.1, -0.05) is 11.6 Å². The molecule has 0 aromatic carbocycles. The van der Waals surface area contributed by atoms with Crippen LogP contribution in [0.4, 0.5) is 5.95 Å². The fraction of sp³-hybridized carbons (Fsp3) is 0.200. The topological polar surface area (TPSA) is 83.8 Å². The smallest absolute Gasteiger partial charge is 0.243 e. The number of aromatic nitrogens is 6.